The molecule has 0 aromatic heterocycles. The minimum atomic E-state index is -0.782. The molecule has 0 bridgehead atoms. The summed E-state index contributed by atoms with van der Waals surface area (Å²) < 4.78 is 0. The first-order valence-electron chi connectivity index (χ1n) is 8.57. The van der Waals surface area contributed by atoms with Crippen molar-refractivity contribution in [3.63, 3.8) is 0 Å². The zero-order valence-corrected chi connectivity index (χ0v) is 15.3. The largest absolute Gasteiger partial charge is 0.348 e. The molecule has 0 atom stereocenters. The Morgan fingerprint density at radius 1 is 1.25 bits per heavy atom. The molecule has 1 saturated carbocycles. The predicted octanol–water partition coefficient (Wildman–Crippen LogP) is 1.30. The minimum Gasteiger partial charge on any atom is -0.348 e. The van der Waals surface area contributed by atoms with Crippen molar-refractivity contribution < 1.29 is 14.4 Å². The fourth-order valence-corrected chi connectivity index (χ4v) is 3.56. The van der Waals surface area contributed by atoms with Crippen LogP contribution in [-0.2, 0) is 9.59 Å². The number of amides is 4. The first-order valence-corrected chi connectivity index (χ1v) is 8.57. The Labute approximate surface area is 149 Å². The number of carbonyl (C=O) groups excluding carboxylic acids is 3. The van der Waals surface area contributed by atoms with Gasteiger partial charge in [-0.15, -0.1) is 12.4 Å². The molecule has 0 aromatic rings. The molecule has 2 aliphatic rings. The smallest absolute Gasteiger partial charge is 0.325 e. The molecule has 138 valence electrons. The summed E-state index contributed by atoms with van der Waals surface area (Å²) in [5.41, 5.74) is 4.52. The SMILES string of the molecule is CCC(CC)(CN)NC(=O)CN1C(=O)NC2(CCCCC2)C1=O.Cl. The summed E-state index contributed by atoms with van der Waals surface area (Å²) in [6.45, 7) is 4.01. The number of carbonyl (C=O) groups is 3. The van der Waals surface area contributed by atoms with Gasteiger partial charge in [0, 0.05) is 6.54 Å². The Bertz CT molecular complexity index is 479. The molecule has 1 spiro atoms. The molecule has 1 aliphatic heterocycles. The van der Waals surface area contributed by atoms with Gasteiger partial charge in [0.2, 0.25) is 5.91 Å². The third kappa shape index (κ3) is 3.83. The van der Waals surface area contributed by atoms with Crippen molar-refractivity contribution in [3.05, 3.63) is 0 Å². The Balaban J connectivity index is 0.00000288. The summed E-state index contributed by atoms with van der Waals surface area (Å²) in [6.07, 6.45) is 5.66. The van der Waals surface area contributed by atoms with Gasteiger partial charge in [-0.05, 0) is 25.7 Å². The second kappa shape index (κ2) is 8.16. The van der Waals surface area contributed by atoms with Crippen LogP contribution in [0, 0.1) is 0 Å². The van der Waals surface area contributed by atoms with Crippen LogP contribution in [0.4, 0.5) is 4.79 Å². The van der Waals surface area contributed by atoms with Gasteiger partial charge in [-0.3, -0.25) is 14.5 Å². The van der Waals surface area contributed by atoms with Crippen LogP contribution in [0.5, 0.6) is 0 Å². The number of nitrogens with one attached hydrogen (secondary N) is 2. The van der Waals surface area contributed by atoms with Crippen molar-refractivity contribution in [2.45, 2.75) is 69.9 Å². The van der Waals surface area contributed by atoms with Gasteiger partial charge < -0.3 is 16.4 Å². The van der Waals surface area contributed by atoms with Gasteiger partial charge in [0.05, 0.1) is 5.54 Å². The van der Waals surface area contributed by atoms with E-state index >= 15 is 0 Å². The van der Waals surface area contributed by atoms with Gasteiger partial charge in [-0.2, -0.15) is 0 Å². The number of hydrogen-bond donors (Lipinski definition) is 3. The first-order chi connectivity index (χ1) is 10.9. The van der Waals surface area contributed by atoms with Crippen LogP contribution >= 0.6 is 12.4 Å². The molecule has 1 aliphatic carbocycles. The summed E-state index contributed by atoms with van der Waals surface area (Å²) in [7, 11) is 0. The third-order valence-corrected chi connectivity index (χ3v) is 5.40. The minimum absolute atomic E-state index is 0. The van der Waals surface area contributed by atoms with E-state index < -0.39 is 17.1 Å². The second-order valence-electron chi connectivity index (χ2n) is 6.70. The van der Waals surface area contributed by atoms with E-state index in [1.54, 1.807) is 0 Å². The summed E-state index contributed by atoms with van der Waals surface area (Å²) in [5, 5.41) is 5.71. The molecule has 4 amide bonds. The van der Waals surface area contributed by atoms with E-state index in [0.29, 0.717) is 32.2 Å². The van der Waals surface area contributed by atoms with E-state index in [0.717, 1.165) is 24.2 Å². The summed E-state index contributed by atoms with van der Waals surface area (Å²) >= 11 is 0. The van der Waals surface area contributed by atoms with Gasteiger partial charge in [-0.1, -0.05) is 33.1 Å². The zero-order valence-electron chi connectivity index (χ0n) is 14.5. The number of halogens is 1. The van der Waals surface area contributed by atoms with Gasteiger partial charge >= 0.3 is 6.03 Å². The lowest BCUT2D eigenvalue weighted by molar-refractivity contribution is -0.136. The van der Waals surface area contributed by atoms with Crippen LogP contribution in [0.15, 0.2) is 0 Å². The Morgan fingerprint density at radius 2 is 1.83 bits per heavy atom. The third-order valence-electron chi connectivity index (χ3n) is 5.40. The summed E-state index contributed by atoms with van der Waals surface area (Å²) in [5.74, 6) is -0.598. The van der Waals surface area contributed by atoms with Crippen molar-refractivity contribution in [2.75, 3.05) is 13.1 Å². The molecule has 0 aromatic carbocycles. The highest BCUT2D eigenvalue weighted by atomic mass is 35.5. The summed E-state index contributed by atoms with van der Waals surface area (Å²) in [6, 6.07) is -0.460. The van der Waals surface area contributed by atoms with Crippen molar-refractivity contribution in [2.24, 2.45) is 5.73 Å². The van der Waals surface area contributed by atoms with Crippen molar-refractivity contribution in [3.8, 4) is 0 Å². The normalized spacial score (nSPS) is 19.9. The van der Waals surface area contributed by atoms with Gasteiger partial charge in [-0.25, -0.2) is 4.79 Å². The Morgan fingerprint density at radius 3 is 2.33 bits per heavy atom. The lowest BCUT2D eigenvalue weighted by Gasteiger charge is -2.32. The van der Waals surface area contributed by atoms with E-state index in [2.05, 4.69) is 10.6 Å². The average molecular weight is 361 g/mol. The number of hydrogen-bond acceptors (Lipinski definition) is 4. The Kier molecular flexibility index (Phi) is 7.04. The Hall–Kier alpha value is -1.34. The van der Waals surface area contributed by atoms with E-state index in [-0.39, 0.29) is 30.8 Å². The lowest BCUT2D eigenvalue weighted by Crippen LogP contribution is -2.55. The van der Waals surface area contributed by atoms with Gasteiger partial charge in [0.15, 0.2) is 0 Å². The van der Waals surface area contributed by atoms with E-state index in [1.807, 2.05) is 13.8 Å². The van der Waals surface area contributed by atoms with Crippen LogP contribution in [-0.4, -0.2) is 46.9 Å². The quantitative estimate of drug-likeness (QED) is 0.621. The molecule has 0 radical (unpaired) electrons. The fraction of sp³-hybridized carbons (Fsp3) is 0.812. The topological polar surface area (TPSA) is 105 Å². The lowest BCUT2D eigenvalue weighted by atomic mass is 9.82. The molecule has 1 saturated heterocycles. The number of imide groups is 1. The molecule has 1 heterocycles. The second-order valence-corrected chi connectivity index (χ2v) is 6.70. The first kappa shape index (κ1) is 20.7. The molecule has 2 rings (SSSR count). The molecule has 2 fully saturated rings. The maximum Gasteiger partial charge on any atom is 0.325 e. The molecular formula is C16H29ClN4O3. The number of urea groups is 1. The van der Waals surface area contributed by atoms with Crippen molar-refractivity contribution in [1.29, 1.82) is 0 Å². The maximum atomic E-state index is 12.6. The average Bonchev–Trinajstić information content (AvgIpc) is 2.78. The highest BCUT2D eigenvalue weighted by Crippen LogP contribution is 2.33. The van der Waals surface area contributed by atoms with Crippen molar-refractivity contribution in [1.82, 2.24) is 15.5 Å². The molecule has 4 N–H and O–H groups in total. The van der Waals surface area contributed by atoms with Gasteiger partial charge in [0.25, 0.3) is 5.91 Å². The van der Waals surface area contributed by atoms with Gasteiger partial charge in [0.1, 0.15) is 12.1 Å². The number of nitrogens with zero attached hydrogens (tertiary/aromatic N) is 1. The molecule has 7 nitrogen and oxygen atoms in total. The van der Waals surface area contributed by atoms with Crippen LogP contribution in [0.2, 0.25) is 0 Å². The van der Waals surface area contributed by atoms with Crippen LogP contribution < -0.4 is 16.4 Å². The number of rotatable bonds is 6. The molecule has 0 unspecified atom stereocenters. The predicted molar refractivity (Wildman–Crippen MR) is 93.8 cm³/mol. The monoisotopic (exact) mass is 360 g/mol. The standard InChI is InChI=1S/C16H28N4O3.ClH/c1-3-15(4-2,11-17)18-12(21)10-20-13(22)16(19-14(20)23)8-6-5-7-9-16;/h3-11,17H2,1-2H3,(H,18,21)(H,19,23);1H. The van der Waals surface area contributed by atoms with E-state index in [1.165, 1.54) is 0 Å². The van der Waals surface area contributed by atoms with Crippen LogP contribution in [0.1, 0.15) is 58.8 Å². The van der Waals surface area contributed by atoms with E-state index in [9.17, 15) is 14.4 Å². The molecule has 24 heavy (non-hydrogen) atoms. The zero-order chi connectivity index (χ0) is 17.1. The summed E-state index contributed by atoms with van der Waals surface area (Å²) in [4.78, 5) is 38.2. The van der Waals surface area contributed by atoms with Crippen LogP contribution in [0.3, 0.4) is 0 Å². The molecule has 8 heteroatoms. The maximum absolute atomic E-state index is 12.6. The number of nitrogens with two attached hydrogens (primary N) is 1. The van der Waals surface area contributed by atoms with Crippen molar-refractivity contribution >= 4 is 30.3 Å². The van der Waals surface area contributed by atoms with Crippen LogP contribution in [0.25, 0.3) is 0 Å². The highest BCUT2D eigenvalue weighted by molar-refractivity contribution is 6.09. The highest BCUT2D eigenvalue weighted by Gasteiger charge is 2.51. The van der Waals surface area contributed by atoms with E-state index in [4.69, 9.17) is 5.73 Å². The fourth-order valence-electron chi connectivity index (χ4n) is 3.56. The molecular weight excluding hydrogens is 332 g/mol.